The van der Waals surface area contributed by atoms with Crippen LogP contribution in [-0.4, -0.2) is 23.7 Å². The lowest BCUT2D eigenvalue weighted by atomic mass is 10.1. The fourth-order valence-corrected chi connectivity index (χ4v) is 2.94. The fourth-order valence-electron chi connectivity index (χ4n) is 2.18. The van der Waals surface area contributed by atoms with Crippen molar-refractivity contribution in [2.75, 3.05) is 18.8 Å². The zero-order chi connectivity index (χ0) is 15.0. The highest BCUT2D eigenvalue weighted by Crippen LogP contribution is 2.26. The van der Waals surface area contributed by atoms with Gasteiger partial charge >= 0.3 is 0 Å². The van der Waals surface area contributed by atoms with E-state index < -0.39 is 0 Å². The van der Waals surface area contributed by atoms with Gasteiger partial charge in [-0.15, -0.1) is 11.8 Å². The third kappa shape index (κ3) is 6.15. The van der Waals surface area contributed by atoms with Crippen LogP contribution in [0.1, 0.15) is 45.2 Å². The molecule has 0 heterocycles. The molecule has 0 saturated heterocycles. The minimum Gasteiger partial charge on any atom is -0.299 e. The highest BCUT2D eigenvalue weighted by molar-refractivity contribution is 8.08. The van der Waals surface area contributed by atoms with E-state index in [1.807, 2.05) is 11.8 Å². The Bertz CT molecular complexity index is 394. The minimum absolute atomic E-state index is 0.722. The van der Waals surface area contributed by atoms with Crippen molar-refractivity contribution in [2.24, 2.45) is 5.92 Å². The number of hydrogen-bond acceptors (Lipinski definition) is 2. The molecule has 0 unspecified atom stereocenters. The average molecular weight is 292 g/mol. The maximum Gasteiger partial charge on any atom is 0.0233 e. The van der Waals surface area contributed by atoms with E-state index in [1.54, 1.807) is 0 Å². The molecule has 0 saturated carbocycles. The van der Waals surface area contributed by atoms with Crippen molar-refractivity contribution < 1.29 is 0 Å². The molecule has 0 amide bonds. The summed E-state index contributed by atoms with van der Waals surface area (Å²) in [5.74, 6) is 1.87. The number of rotatable bonds is 9. The lowest BCUT2D eigenvalue weighted by Gasteiger charge is -2.22. The van der Waals surface area contributed by atoms with Crippen molar-refractivity contribution in [3.8, 4) is 0 Å². The molecule has 1 aromatic rings. The van der Waals surface area contributed by atoms with Gasteiger partial charge in [0, 0.05) is 18.0 Å². The van der Waals surface area contributed by atoms with Gasteiger partial charge in [-0.25, -0.2) is 0 Å². The molecule has 0 fully saturated rings. The number of thioether (sulfide) groups is 1. The largest absolute Gasteiger partial charge is 0.299 e. The van der Waals surface area contributed by atoms with Crippen LogP contribution in [0.4, 0.5) is 0 Å². The summed E-state index contributed by atoms with van der Waals surface area (Å²) in [5.41, 5.74) is 2.66. The van der Waals surface area contributed by atoms with E-state index in [1.165, 1.54) is 22.5 Å². The zero-order valence-corrected chi connectivity index (χ0v) is 14.3. The van der Waals surface area contributed by atoms with E-state index in [4.69, 9.17) is 0 Å². The van der Waals surface area contributed by atoms with Gasteiger partial charge < -0.3 is 0 Å². The minimum atomic E-state index is 0.722. The van der Waals surface area contributed by atoms with Crippen LogP contribution < -0.4 is 0 Å². The summed E-state index contributed by atoms with van der Waals surface area (Å²) < 4.78 is 0. The van der Waals surface area contributed by atoms with Crippen LogP contribution in [0.15, 0.2) is 30.8 Å². The van der Waals surface area contributed by atoms with Crippen LogP contribution in [0.5, 0.6) is 0 Å². The Balaban J connectivity index is 2.59. The zero-order valence-electron chi connectivity index (χ0n) is 13.5. The molecule has 0 atom stereocenters. The van der Waals surface area contributed by atoms with Crippen LogP contribution >= 0.6 is 11.8 Å². The predicted molar refractivity (Wildman–Crippen MR) is 94.0 cm³/mol. The summed E-state index contributed by atoms with van der Waals surface area (Å²) in [6.45, 7) is 16.5. The van der Waals surface area contributed by atoms with Gasteiger partial charge in [0.1, 0.15) is 0 Å². The summed E-state index contributed by atoms with van der Waals surface area (Å²) in [6.07, 6.45) is 1.20. The van der Waals surface area contributed by atoms with Crippen molar-refractivity contribution in [2.45, 2.75) is 40.7 Å². The molecule has 0 bridgehead atoms. The van der Waals surface area contributed by atoms with E-state index in [9.17, 15) is 0 Å². The van der Waals surface area contributed by atoms with Crippen LogP contribution in [0.2, 0.25) is 0 Å². The highest BCUT2D eigenvalue weighted by atomic mass is 32.2. The second kappa shape index (κ2) is 9.25. The second-order valence-corrected chi connectivity index (χ2v) is 6.88. The topological polar surface area (TPSA) is 3.24 Å². The first kappa shape index (κ1) is 17.3. The van der Waals surface area contributed by atoms with Gasteiger partial charge in [-0.2, -0.15) is 0 Å². The molecule has 2 heteroatoms. The molecule has 1 aromatic carbocycles. The van der Waals surface area contributed by atoms with Gasteiger partial charge in [0.15, 0.2) is 0 Å². The maximum atomic E-state index is 4.16. The third-order valence-electron chi connectivity index (χ3n) is 3.23. The number of nitrogens with zero attached hydrogens (tertiary/aromatic N) is 1. The Kier molecular flexibility index (Phi) is 8.01. The quantitative estimate of drug-likeness (QED) is 0.609. The van der Waals surface area contributed by atoms with Crippen LogP contribution in [0.25, 0.3) is 4.91 Å². The molecule has 0 aliphatic carbocycles. The Labute approximate surface area is 129 Å². The molecule has 0 aliphatic heterocycles. The third-order valence-corrected chi connectivity index (χ3v) is 4.43. The van der Waals surface area contributed by atoms with Gasteiger partial charge in [-0.3, -0.25) is 4.90 Å². The van der Waals surface area contributed by atoms with Gasteiger partial charge in [0.25, 0.3) is 0 Å². The van der Waals surface area contributed by atoms with Gasteiger partial charge in [-0.05, 0) is 35.8 Å². The number of benzene rings is 1. The average Bonchev–Trinajstić information content (AvgIpc) is 2.44. The molecule has 1 nitrogen and oxygen atoms in total. The van der Waals surface area contributed by atoms with E-state index in [0.717, 1.165) is 31.3 Å². The van der Waals surface area contributed by atoms with Gasteiger partial charge in [0.05, 0.1) is 0 Å². The van der Waals surface area contributed by atoms with Gasteiger partial charge in [0.2, 0.25) is 0 Å². The van der Waals surface area contributed by atoms with Crippen LogP contribution in [-0.2, 0) is 6.54 Å². The molecule has 20 heavy (non-hydrogen) atoms. The van der Waals surface area contributed by atoms with Crippen LogP contribution in [0, 0.1) is 5.92 Å². The van der Waals surface area contributed by atoms with E-state index in [-0.39, 0.29) is 0 Å². The van der Waals surface area contributed by atoms with Crippen molar-refractivity contribution in [3.63, 3.8) is 0 Å². The molecule has 1 rings (SSSR count). The maximum absolute atomic E-state index is 4.16. The van der Waals surface area contributed by atoms with E-state index >= 15 is 0 Å². The van der Waals surface area contributed by atoms with Gasteiger partial charge in [-0.1, -0.05) is 58.5 Å². The van der Waals surface area contributed by atoms with Crippen molar-refractivity contribution in [1.29, 1.82) is 0 Å². The summed E-state index contributed by atoms with van der Waals surface area (Å²) in [6, 6.07) is 8.92. The second-order valence-electron chi connectivity index (χ2n) is 5.69. The molecule has 112 valence electrons. The molecule has 0 aromatic heterocycles. The summed E-state index contributed by atoms with van der Waals surface area (Å²) >= 11 is 1.86. The molecule has 0 aliphatic rings. The standard InChI is InChI=1S/C18H29NS/c1-6-12-20-16(5)18-10-8-17(9-11-18)14-19(7-2)13-15(3)4/h8-11,15H,5-7,12-14H2,1-4H3. The van der Waals surface area contributed by atoms with E-state index in [2.05, 4.69) is 63.4 Å². The molecule has 0 radical (unpaired) electrons. The van der Waals surface area contributed by atoms with Crippen molar-refractivity contribution in [1.82, 2.24) is 4.90 Å². The summed E-state index contributed by atoms with van der Waals surface area (Å²) in [4.78, 5) is 3.69. The smallest absolute Gasteiger partial charge is 0.0233 e. The molecular formula is C18H29NS. The predicted octanol–water partition coefficient (Wildman–Crippen LogP) is 5.28. The molecular weight excluding hydrogens is 262 g/mol. The highest BCUT2D eigenvalue weighted by Gasteiger charge is 2.06. The Hall–Kier alpha value is -0.730. The first-order valence-corrected chi connectivity index (χ1v) is 8.68. The Morgan fingerprint density at radius 3 is 2.35 bits per heavy atom. The monoisotopic (exact) mass is 291 g/mol. The van der Waals surface area contributed by atoms with E-state index in [0.29, 0.717) is 0 Å². The fraction of sp³-hybridized carbons (Fsp3) is 0.556. The normalized spacial score (nSPS) is 11.3. The number of hydrogen-bond donors (Lipinski definition) is 0. The van der Waals surface area contributed by atoms with Crippen molar-refractivity contribution >= 4 is 16.7 Å². The first-order valence-electron chi connectivity index (χ1n) is 7.70. The summed E-state index contributed by atoms with van der Waals surface area (Å²) in [7, 11) is 0. The lowest BCUT2D eigenvalue weighted by molar-refractivity contribution is 0.248. The van der Waals surface area contributed by atoms with Crippen LogP contribution in [0.3, 0.4) is 0 Å². The summed E-state index contributed by atoms with van der Waals surface area (Å²) in [5, 5.41) is 0. The van der Waals surface area contributed by atoms with Crippen molar-refractivity contribution in [3.05, 3.63) is 42.0 Å². The SMILES string of the molecule is C=C(SCCC)c1ccc(CN(CC)CC(C)C)cc1. The first-order chi connectivity index (χ1) is 9.56. The molecule has 0 N–H and O–H groups in total. The Morgan fingerprint density at radius 1 is 1.20 bits per heavy atom. The molecule has 0 spiro atoms. The lowest BCUT2D eigenvalue weighted by Crippen LogP contribution is -2.27. The Morgan fingerprint density at radius 2 is 1.85 bits per heavy atom.